The normalized spacial score (nSPS) is 18.6. The minimum atomic E-state index is -0.553. The third-order valence-corrected chi connectivity index (χ3v) is 3.88. The van der Waals surface area contributed by atoms with Crippen LogP contribution in [0.3, 0.4) is 0 Å². The van der Waals surface area contributed by atoms with Gasteiger partial charge in [0.2, 0.25) is 17.7 Å². The Morgan fingerprint density at radius 1 is 1.26 bits per heavy atom. The van der Waals surface area contributed by atoms with Gasteiger partial charge in [-0.05, 0) is 5.56 Å². The van der Waals surface area contributed by atoms with Crippen LogP contribution in [0.25, 0.3) is 0 Å². The van der Waals surface area contributed by atoms with E-state index in [1.807, 2.05) is 30.3 Å². The van der Waals surface area contributed by atoms with Crippen molar-refractivity contribution in [2.45, 2.75) is 25.9 Å². The maximum atomic E-state index is 12.5. The largest absolute Gasteiger partial charge is 0.340 e. The predicted molar refractivity (Wildman–Crippen MR) is 81.2 cm³/mol. The number of hydrogen-bond acceptors (Lipinski definition) is 5. The van der Waals surface area contributed by atoms with Crippen molar-refractivity contribution in [2.24, 2.45) is 0 Å². The third-order valence-electron chi connectivity index (χ3n) is 3.88. The number of aryl methyl sites for hydroxylation is 1. The van der Waals surface area contributed by atoms with Gasteiger partial charge < -0.3 is 14.3 Å². The van der Waals surface area contributed by atoms with Gasteiger partial charge in [-0.1, -0.05) is 35.5 Å². The summed E-state index contributed by atoms with van der Waals surface area (Å²) in [5.74, 6) is 0.655. The number of benzene rings is 1. The van der Waals surface area contributed by atoms with Gasteiger partial charge in [0.15, 0.2) is 5.82 Å². The highest BCUT2D eigenvalue weighted by molar-refractivity contribution is 5.94. The van der Waals surface area contributed by atoms with Crippen LogP contribution in [0.4, 0.5) is 0 Å². The molecule has 0 radical (unpaired) electrons. The lowest BCUT2D eigenvalue weighted by Gasteiger charge is -2.38. The lowest BCUT2D eigenvalue weighted by molar-refractivity contribution is -0.155. The standard InChI is InChI=1S/C16H18N4O3/c1-11-17-14(18-23-11)9-20-13(8-12-6-4-3-5-7-12)16(22)19(2)10-15(20)21/h3-7,13H,8-10H2,1-2H3/t13-/m0/s1. The summed E-state index contributed by atoms with van der Waals surface area (Å²) in [7, 11) is 1.65. The molecule has 0 bridgehead atoms. The summed E-state index contributed by atoms with van der Waals surface area (Å²) in [6.07, 6.45) is 0.465. The summed E-state index contributed by atoms with van der Waals surface area (Å²) < 4.78 is 4.95. The summed E-state index contributed by atoms with van der Waals surface area (Å²) in [5, 5.41) is 3.82. The maximum Gasteiger partial charge on any atom is 0.245 e. The van der Waals surface area contributed by atoms with Gasteiger partial charge in [-0.25, -0.2) is 0 Å². The topological polar surface area (TPSA) is 79.5 Å². The Morgan fingerprint density at radius 3 is 2.65 bits per heavy atom. The van der Waals surface area contributed by atoms with Crippen molar-refractivity contribution in [3.63, 3.8) is 0 Å². The first kappa shape index (κ1) is 15.2. The molecule has 2 amide bonds. The molecule has 1 saturated heterocycles. The van der Waals surface area contributed by atoms with Crippen LogP contribution < -0.4 is 0 Å². The summed E-state index contributed by atoms with van der Waals surface area (Å²) in [6.45, 7) is 1.93. The van der Waals surface area contributed by atoms with Crippen LogP contribution in [0, 0.1) is 6.92 Å². The van der Waals surface area contributed by atoms with E-state index in [4.69, 9.17) is 4.52 Å². The molecule has 2 aromatic rings. The van der Waals surface area contributed by atoms with E-state index in [-0.39, 0.29) is 24.9 Å². The number of amides is 2. The Hall–Kier alpha value is -2.70. The fourth-order valence-electron chi connectivity index (χ4n) is 2.72. The van der Waals surface area contributed by atoms with Crippen molar-refractivity contribution in [1.82, 2.24) is 19.9 Å². The van der Waals surface area contributed by atoms with E-state index in [0.29, 0.717) is 18.1 Å². The molecule has 2 heterocycles. The Bertz CT molecular complexity index is 713. The number of carbonyl (C=O) groups is 2. The molecule has 0 saturated carbocycles. The van der Waals surface area contributed by atoms with Crippen molar-refractivity contribution in [3.05, 3.63) is 47.6 Å². The second-order valence-corrected chi connectivity index (χ2v) is 5.65. The van der Waals surface area contributed by atoms with Crippen LogP contribution in [-0.2, 0) is 22.6 Å². The summed E-state index contributed by atoms with van der Waals surface area (Å²) in [6, 6.07) is 9.10. The zero-order valence-corrected chi connectivity index (χ0v) is 13.1. The third kappa shape index (κ3) is 3.23. The van der Waals surface area contributed by atoms with Crippen LogP contribution in [-0.4, -0.2) is 51.4 Å². The number of aromatic nitrogens is 2. The van der Waals surface area contributed by atoms with Crippen LogP contribution >= 0.6 is 0 Å². The first-order valence-corrected chi connectivity index (χ1v) is 7.42. The number of nitrogens with zero attached hydrogens (tertiary/aromatic N) is 4. The highest BCUT2D eigenvalue weighted by Crippen LogP contribution is 2.18. The Balaban J connectivity index is 1.85. The molecule has 1 fully saturated rings. The van der Waals surface area contributed by atoms with Crippen molar-refractivity contribution < 1.29 is 14.1 Å². The molecule has 1 aliphatic rings. The smallest absolute Gasteiger partial charge is 0.245 e. The molecule has 7 nitrogen and oxygen atoms in total. The van der Waals surface area contributed by atoms with Gasteiger partial charge in [0.1, 0.15) is 6.04 Å². The highest BCUT2D eigenvalue weighted by Gasteiger charge is 2.38. The minimum Gasteiger partial charge on any atom is -0.340 e. The minimum absolute atomic E-state index is 0.0704. The van der Waals surface area contributed by atoms with Crippen molar-refractivity contribution in [2.75, 3.05) is 13.6 Å². The molecule has 1 atom stereocenters. The Labute approximate surface area is 133 Å². The molecule has 0 unspecified atom stereocenters. The van der Waals surface area contributed by atoms with Crippen LogP contribution in [0.5, 0.6) is 0 Å². The fourth-order valence-corrected chi connectivity index (χ4v) is 2.72. The fraction of sp³-hybridized carbons (Fsp3) is 0.375. The number of hydrogen-bond donors (Lipinski definition) is 0. The van der Waals surface area contributed by atoms with Crippen LogP contribution in [0.2, 0.25) is 0 Å². The van der Waals surface area contributed by atoms with Crippen molar-refractivity contribution in [1.29, 1.82) is 0 Å². The first-order valence-electron chi connectivity index (χ1n) is 7.42. The lowest BCUT2D eigenvalue weighted by atomic mass is 10.0. The molecule has 3 rings (SSSR count). The molecule has 0 N–H and O–H groups in total. The molecule has 1 aromatic heterocycles. The van der Waals surface area contributed by atoms with E-state index >= 15 is 0 Å². The van der Waals surface area contributed by atoms with Crippen LogP contribution in [0.15, 0.2) is 34.9 Å². The van der Waals surface area contributed by atoms with E-state index in [9.17, 15) is 9.59 Å². The zero-order valence-electron chi connectivity index (χ0n) is 13.1. The van der Waals surface area contributed by atoms with Gasteiger partial charge in [0.25, 0.3) is 0 Å². The molecule has 0 aliphatic carbocycles. The Kier molecular flexibility index (Phi) is 4.10. The van der Waals surface area contributed by atoms with E-state index in [2.05, 4.69) is 10.1 Å². The number of rotatable bonds is 4. The molecular weight excluding hydrogens is 296 g/mol. The van der Waals surface area contributed by atoms with Gasteiger partial charge in [-0.3, -0.25) is 9.59 Å². The highest BCUT2D eigenvalue weighted by atomic mass is 16.5. The van der Waals surface area contributed by atoms with Gasteiger partial charge in [0.05, 0.1) is 13.1 Å². The second-order valence-electron chi connectivity index (χ2n) is 5.65. The summed E-state index contributed by atoms with van der Waals surface area (Å²) >= 11 is 0. The average Bonchev–Trinajstić information content (AvgIpc) is 2.95. The molecule has 7 heteroatoms. The van der Waals surface area contributed by atoms with E-state index in [0.717, 1.165) is 5.56 Å². The molecular formula is C16H18N4O3. The first-order chi connectivity index (χ1) is 11.0. The zero-order chi connectivity index (χ0) is 16.4. The predicted octanol–water partition coefficient (Wildman–Crippen LogP) is 0.790. The molecule has 0 spiro atoms. The number of likely N-dealkylation sites (N-methyl/N-ethyl adjacent to an activating group) is 1. The molecule has 120 valence electrons. The molecule has 23 heavy (non-hydrogen) atoms. The van der Waals surface area contributed by atoms with Crippen molar-refractivity contribution >= 4 is 11.8 Å². The SMILES string of the molecule is Cc1nc(CN2C(=O)CN(C)C(=O)[C@@H]2Cc2ccccc2)no1. The van der Waals surface area contributed by atoms with Gasteiger partial charge in [-0.2, -0.15) is 4.98 Å². The van der Waals surface area contributed by atoms with E-state index in [1.165, 1.54) is 4.90 Å². The summed E-state index contributed by atoms with van der Waals surface area (Å²) in [4.78, 5) is 32.1. The lowest BCUT2D eigenvalue weighted by Crippen LogP contribution is -2.59. The van der Waals surface area contributed by atoms with Crippen molar-refractivity contribution in [3.8, 4) is 0 Å². The second kappa shape index (κ2) is 6.20. The monoisotopic (exact) mass is 314 g/mol. The number of piperazine rings is 1. The van der Waals surface area contributed by atoms with E-state index < -0.39 is 6.04 Å². The quantitative estimate of drug-likeness (QED) is 0.833. The average molecular weight is 314 g/mol. The number of carbonyl (C=O) groups excluding carboxylic acids is 2. The molecule has 1 aliphatic heterocycles. The van der Waals surface area contributed by atoms with Gasteiger partial charge in [0, 0.05) is 20.4 Å². The molecule has 1 aromatic carbocycles. The van der Waals surface area contributed by atoms with Crippen LogP contribution in [0.1, 0.15) is 17.3 Å². The Morgan fingerprint density at radius 2 is 2.00 bits per heavy atom. The maximum absolute atomic E-state index is 12.5. The van der Waals surface area contributed by atoms with Gasteiger partial charge >= 0.3 is 0 Å². The summed E-state index contributed by atoms with van der Waals surface area (Å²) in [5.41, 5.74) is 1.00. The van der Waals surface area contributed by atoms with E-state index in [1.54, 1.807) is 18.9 Å². The van der Waals surface area contributed by atoms with Gasteiger partial charge in [-0.15, -0.1) is 0 Å².